The summed E-state index contributed by atoms with van der Waals surface area (Å²) in [7, 11) is 0. The van der Waals surface area contributed by atoms with Crippen molar-refractivity contribution in [2.24, 2.45) is 5.92 Å². The van der Waals surface area contributed by atoms with E-state index in [0.717, 1.165) is 32.4 Å². The highest BCUT2D eigenvalue weighted by Crippen LogP contribution is 2.21. The number of pyridine rings is 1. The van der Waals surface area contributed by atoms with Gasteiger partial charge in [0, 0.05) is 24.5 Å². The van der Waals surface area contributed by atoms with Crippen molar-refractivity contribution in [3.8, 4) is 0 Å². The summed E-state index contributed by atoms with van der Waals surface area (Å²) in [5, 5.41) is 2.81. The number of halogens is 1. The minimum absolute atomic E-state index is 0.0473. The molecule has 4 nitrogen and oxygen atoms in total. The molecule has 1 aromatic carbocycles. The Balaban J connectivity index is 1.38. The first-order chi connectivity index (χ1) is 12.2. The summed E-state index contributed by atoms with van der Waals surface area (Å²) in [5.74, 6) is 0.329. The van der Waals surface area contributed by atoms with Crippen molar-refractivity contribution in [2.75, 3.05) is 19.6 Å². The Morgan fingerprint density at radius 1 is 1.20 bits per heavy atom. The molecule has 0 radical (unpaired) electrons. The largest absolute Gasteiger partial charge is 0.351 e. The number of benzene rings is 1. The van der Waals surface area contributed by atoms with Crippen molar-refractivity contribution in [1.82, 2.24) is 15.2 Å². The summed E-state index contributed by atoms with van der Waals surface area (Å²) in [6.45, 7) is 2.48. The minimum Gasteiger partial charge on any atom is -0.351 e. The fourth-order valence-electron chi connectivity index (χ4n) is 3.30. The third kappa shape index (κ3) is 5.36. The van der Waals surface area contributed by atoms with Crippen LogP contribution in [0.3, 0.4) is 0 Å². The average Bonchev–Trinajstić information content (AvgIpc) is 2.64. The molecule has 132 valence electrons. The lowest BCUT2D eigenvalue weighted by molar-refractivity contribution is -0.122. The van der Waals surface area contributed by atoms with Crippen molar-refractivity contribution in [2.45, 2.75) is 25.8 Å². The summed E-state index contributed by atoms with van der Waals surface area (Å²) >= 11 is 0. The maximum absolute atomic E-state index is 13.6. The van der Waals surface area contributed by atoms with E-state index < -0.39 is 0 Å². The van der Waals surface area contributed by atoms with Gasteiger partial charge in [-0.1, -0.05) is 24.3 Å². The Labute approximate surface area is 148 Å². The zero-order valence-electron chi connectivity index (χ0n) is 14.3. The number of amides is 1. The number of carbonyl (C=O) groups excluding carboxylic acids is 1. The lowest BCUT2D eigenvalue weighted by atomic mass is 9.91. The van der Waals surface area contributed by atoms with E-state index in [1.165, 1.54) is 11.6 Å². The molecular weight excluding hydrogens is 317 g/mol. The molecule has 1 aromatic heterocycles. The van der Waals surface area contributed by atoms with E-state index in [9.17, 15) is 9.18 Å². The van der Waals surface area contributed by atoms with E-state index in [1.807, 2.05) is 12.3 Å². The highest BCUT2D eigenvalue weighted by molar-refractivity contribution is 5.78. The number of piperidine rings is 1. The van der Waals surface area contributed by atoms with Gasteiger partial charge in [-0.25, -0.2) is 4.39 Å². The molecule has 0 saturated carbocycles. The van der Waals surface area contributed by atoms with E-state index in [0.29, 0.717) is 18.0 Å². The van der Waals surface area contributed by atoms with E-state index in [2.05, 4.69) is 21.3 Å². The monoisotopic (exact) mass is 341 g/mol. The maximum atomic E-state index is 13.6. The lowest BCUT2D eigenvalue weighted by Gasteiger charge is -2.31. The highest BCUT2D eigenvalue weighted by atomic mass is 19.1. The fourth-order valence-corrected chi connectivity index (χ4v) is 3.30. The van der Waals surface area contributed by atoms with Crippen LogP contribution in [0, 0.1) is 11.7 Å². The second-order valence-corrected chi connectivity index (χ2v) is 6.65. The van der Waals surface area contributed by atoms with E-state index in [-0.39, 0.29) is 18.3 Å². The molecule has 0 atom stereocenters. The number of carbonyl (C=O) groups is 1. The molecule has 2 heterocycles. The zero-order chi connectivity index (χ0) is 17.5. The second-order valence-electron chi connectivity index (χ2n) is 6.65. The van der Waals surface area contributed by atoms with Crippen molar-refractivity contribution >= 4 is 5.91 Å². The third-order valence-electron chi connectivity index (χ3n) is 4.76. The summed E-state index contributed by atoms with van der Waals surface area (Å²) in [4.78, 5) is 18.4. The number of aromatic nitrogens is 1. The number of hydrogen-bond acceptors (Lipinski definition) is 3. The molecule has 25 heavy (non-hydrogen) atoms. The molecule has 0 bridgehead atoms. The molecule has 3 rings (SSSR count). The number of nitrogens with zero attached hydrogens (tertiary/aromatic N) is 2. The molecule has 2 aromatic rings. The predicted octanol–water partition coefficient (Wildman–Crippen LogP) is 2.79. The van der Waals surface area contributed by atoms with Gasteiger partial charge in [0.05, 0.1) is 6.54 Å². The summed E-state index contributed by atoms with van der Waals surface area (Å²) in [5.41, 5.74) is 1.80. The SMILES string of the molecule is O=C(CN1CCC(Cc2cccnc2)CC1)NCc1ccccc1F. The predicted molar refractivity (Wildman–Crippen MR) is 95.4 cm³/mol. The van der Waals surface area contributed by atoms with Crippen LogP contribution in [0.25, 0.3) is 0 Å². The molecule has 0 unspecified atom stereocenters. The van der Waals surface area contributed by atoms with E-state index >= 15 is 0 Å². The van der Waals surface area contributed by atoms with Crippen molar-refractivity contribution in [3.05, 3.63) is 65.7 Å². The van der Waals surface area contributed by atoms with Gasteiger partial charge in [0.1, 0.15) is 5.82 Å². The molecule has 1 N–H and O–H groups in total. The van der Waals surface area contributed by atoms with Gasteiger partial charge in [-0.05, 0) is 56.0 Å². The first-order valence-electron chi connectivity index (χ1n) is 8.82. The Morgan fingerprint density at radius 2 is 2.00 bits per heavy atom. The first kappa shape index (κ1) is 17.5. The molecule has 1 aliphatic heterocycles. The number of hydrogen-bond donors (Lipinski definition) is 1. The van der Waals surface area contributed by atoms with Crippen LogP contribution in [0.1, 0.15) is 24.0 Å². The Bertz CT molecular complexity index is 684. The number of nitrogens with one attached hydrogen (secondary N) is 1. The standard InChI is InChI=1S/C20H24FN3O/c21-19-6-2-1-5-18(19)14-23-20(25)15-24-10-7-16(8-11-24)12-17-4-3-9-22-13-17/h1-6,9,13,16H,7-8,10-12,14-15H2,(H,23,25). The van der Waals surface area contributed by atoms with Crippen LogP contribution in [0.5, 0.6) is 0 Å². The summed E-state index contributed by atoms with van der Waals surface area (Å²) in [6.07, 6.45) is 6.97. The van der Waals surface area contributed by atoms with Crippen molar-refractivity contribution in [1.29, 1.82) is 0 Å². The van der Waals surface area contributed by atoms with Gasteiger partial charge in [-0.15, -0.1) is 0 Å². The van der Waals surface area contributed by atoms with Crippen molar-refractivity contribution < 1.29 is 9.18 Å². The molecule has 5 heteroatoms. The van der Waals surface area contributed by atoms with E-state index in [1.54, 1.807) is 24.4 Å². The molecule has 0 spiro atoms. The molecule has 1 amide bonds. The second kappa shape index (κ2) is 8.72. The Kier molecular flexibility index (Phi) is 6.12. The number of likely N-dealkylation sites (tertiary alicyclic amines) is 1. The van der Waals surface area contributed by atoms with Crippen LogP contribution in [-0.2, 0) is 17.8 Å². The number of rotatable bonds is 6. The van der Waals surface area contributed by atoms with Gasteiger partial charge < -0.3 is 5.32 Å². The van der Waals surface area contributed by atoms with Gasteiger partial charge in [-0.2, -0.15) is 0 Å². The first-order valence-corrected chi connectivity index (χ1v) is 8.82. The topological polar surface area (TPSA) is 45.2 Å². The fraction of sp³-hybridized carbons (Fsp3) is 0.400. The van der Waals surface area contributed by atoms with Gasteiger partial charge in [0.2, 0.25) is 5.91 Å². The molecule has 1 aliphatic rings. The van der Waals surface area contributed by atoms with Crippen LogP contribution >= 0.6 is 0 Å². The van der Waals surface area contributed by atoms with Gasteiger partial charge in [0.15, 0.2) is 0 Å². The smallest absolute Gasteiger partial charge is 0.234 e. The van der Waals surface area contributed by atoms with Crippen LogP contribution in [0.15, 0.2) is 48.8 Å². The van der Waals surface area contributed by atoms with Gasteiger partial charge in [0.25, 0.3) is 0 Å². The van der Waals surface area contributed by atoms with Crippen LogP contribution in [0.2, 0.25) is 0 Å². The van der Waals surface area contributed by atoms with Crippen molar-refractivity contribution in [3.63, 3.8) is 0 Å². The maximum Gasteiger partial charge on any atom is 0.234 e. The van der Waals surface area contributed by atoms with E-state index in [4.69, 9.17) is 0 Å². The van der Waals surface area contributed by atoms with Crippen LogP contribution in [0.4, 0.5) is 4.39 Å². The van der Waals surface area contributed by atoms with Crippen LogP contribution in [-0.4, -0.2) is 35.4 Å². The molecular formula is C20H24FN3O. The summed E-state index contributed by atoms with van der Waals surface area (Å²) < 4.78 is 13.6. The Hall–Kier alpha value is -2.27. The van der Waals surface area contributed by atoms with Gasteiger partial charge in [-0.3, -0.25) is 14.7 Å². The average molecular weight is 341 g/mol. The quantitative estimate of drug-likeness (QED) is 0.879. The van der Waals surface area contributed by atoms with Gasteiger partial charge >= 0.3 is 0 Å². The summed E-state index contributed by atoms with van der Waals surface area (Å²) in [6, 6.07) is 10.6. The Morgan fingerprint density at radius 3 is 2.72 bits per heavy atom. The zero-order valence-corrected chi connectivity index (χ0v) is 14.3. The minimum atomic E-state index is -0.279. The normalized spacial score (nSPS) is 15.9. The lowest BCUT2D eigenvalue weighted by Crippen LogP contribution is -2.41. The van der Waals surface area contributed by atoms with Crippen LogP contribution < -0.4 is 5.32 Å². The molecule has 0 aliphatic carbocycles. The highest BCUT2D eigenvalue weighted by Gasteiger charge is 2.21. The molecule has 1 fully saturated rings. The molecule has 1 saturated heterocycles. The third-order valence-corrected chi connectivity index (χ3v) is 4.76.